The van der Waals surface area contributed by atoms with E-state index in [-0.39, 0.29) is 0 Å². The van der Waals surface area contributed by atoms with Gasteiger partial charge >= 0.3 is 0 Å². The van der Waals surface area contributed by atoms with Crippen molar-refractivity contribution in [3.63, 3.8) is 0 Å². The monoisotopic (exact) mass is 340 g/mol. The van der Waals surface area contributed by atoms with Crippen LogP contribution in [-0.4, -0.2) is 46.4 Å². The zero-order valence-electron chi connectivity index (χ0n) is 13.7. The third kappa shape index (κ3) is 2.49. The molecular weight excluding hydrogens is 324 g/mol. The van der Waals surface area contributed by atoms with Gasteiger partial charge in [0.25, 0.3) is 5.91 Å². The zero-order valence-corrected chi connectivity index (χ0v) is 13.7. The van der Waals surface area contributed by atoms with Crippen molar-refractivity contribution in [3.05, 3.63) is 35.7 Å². The molecule has 1 aliphatic heterocycles. The summed E-state index contributed by atoms with van der Waals surface area (Å²) in [5.41, 5.74) is 1.39. The summed E-state index contributed by atoms with van der Waals surface area (Å²) in [5, 5.41) is 10.6. The number of hydrogen-bond donors (Lipinski definition) is 2. The maximum Gasteiger partial charge on any atom is 0.283 e. The first kappa shape index (κ1) is 15.2. The van der Waals surface area contributed by atoms with Gasteiger partial charge in [-0.3, -0.25) is 14.5 Å². The summed E-state index contributed by atoms with van der Waals surface area (Å²) in [6, 6.07) is 3.64. The van der Waals surface area contributed by atoms with Crippen LogP contribution in [0.2, 0.25) is 0 Å². The number of aromatic nitrogens is 4. The standard InChI is InChI=1S/C16H16N6O3/c1-24-12-5-10-11(6-13(12)25-2)20-16(22-4-3-17-14(10)22)21-15(23)9-7-18-19-8-9/h5-8,17H,3-4H2,1-2H3,(H,18,19). The Morgan fingerprint density at radius 3 is 2.80 bits per heavy atom. The summed E-state index contributed by atoms with van der Waals surface area (Å²) < 4.78 is 12.6. The van der Waals surface area contributed by atoms with Gasteiger partial charge in [0.2, 0.25) is 5.62 Å². The molecule has 25 heavy (non-hydrogen) atoms. The predicted octanol–water partition coefficient (Wildman–Crippen LogP) is 0.943. The van der Waals surface area contributed by atoms with Gasteiger partial charge in [0.15, 0.2) is 11.5 Å². The van der Waals surface area contributed by atoms with Crippen LogP contribution in [0.3, 0.4) is 0 Å². The normalized spacial score (nSPS) is 13.6. The van der Waals surface area contributed by atoms with E-state index in [2.05, 4.69) is 25.5 Å². The molecule has 4 rings (SSSR count). The summed E-state index contributed by atoms with van der Waals surface area (Å²) >= 11 is 0. The number of anilines is 1. The topological polar surface area (TPSA) is 106 Å². The fourth-order valence-electron chi connectivity index (χ4n) is 2.86. The van der Waals surface area contributed by atoms with Crippen molar-refractivity contribution in [2.75, 3.05) is 26.1 Å². The maximum atomic E-state index is 12.3. The number of amides is 1. The van der Waals surface area contributed by atoms with Crippen LogP contribution in [0.25, 0.3) is 10.9 Å². The number of methoxy groups -OCH3 is 2. The molecule has 3 heterocycles. The summed E-state index contributed by atoms with van der Waals surface area (Å²) in [4.78, 5) is 21.0. The second-order valence-electron chi connectivity index (χ2n) is 5.47. The van der Waals surface area contributed by atoms with Crippen LogP contribution >= 0.6 is 0 Å². The van der Waals surface area contributed by atoms with Crippen molar-refractivity contribution < 1.29 is 14.3 Å². The van der Waals surface area contributed by atoms with Gasteiger partial charge in [0, 0.05) is 30.7 Å². The van der Waals surface area contributed by atoms with E-state index in [1.165, 1.54) is 12.4 Å². The van der Waals surface area contributed by atoms with Crippen LogP contribution in [0.5, 0.6) is 11.5 Å². The van der Waals surface area contributed by atoms with Gasteiger partial charge in [0.1, 0.15) is 5.82 Å². The largest absolute Gasteiger partial charge is 0.493 e. The molecule has 0 radical (unpaired) electrons. The smallest absolute Gasteiger partial charge is 0.283 e. The Kier molecular flexibility index (Phi) is 3.60. The highest BCUT2D eigenvalue weighted by Crippen LogP contribution is 2.34. The van der Waals surface area contributed by atoms with E-state index in [9.17, 15) is 4.79 Å². The molecule has 0 aliphatic carbocycles. The number of nitrogens with zero attached hydrogens (tertiary/aromatic N) is 4. The lowest BCUT2D eigenvalue weighted by molar-refractivity contribution is 0.0996. The van der Waals surface area contributed by atoms with Crippen molar-refractivity contribution >= 4 is 22.6 Å². The Morgan fingerprint density at radius 1 is 1.28 bits per heavy atom. The molecule has 9 nitrogen and oxygen atoms in total. The van der Waals surface area contributed by atoms with Crippen LogP contribution in [0.4, 0.5) is 5.82 Å². The second-order valence-corrected chi connectivity index (χ2v) is 5.47. The van der Waals surface area contributed by atoms with Gasteiger partial charge in [0.05, 0.1) is 31.5 Å². The SMILES string of the molecule is COc1cc2nc(=NC(=O)c3cn[nH]c3)n3c(c2cc1OC)NCC3. The molecule has 1 amide bonds. The highest BCUT2D eigenvalue weighted by molar-refractivity contribution is 5.95. The van der Waals surface area contributed by atoms with Crippen LogP contribution in [0.15, 0.2) is 29.5 Å². The van der Waals surface area contributed by atoms with Gasteiger partial charge in [-0.05, 0) is 6.07 Å². The van der Waals surface area contributed by atoms with E-state index >= 15 is 0 Å². The molecule has 3 aromatic rings. The molecule has 128 valence electrons. The Bertz CT molecular complexity index is 1020. The number of ether oxygens (including phenoxy) is 2. The lowest BCUT2D eigenvalue weighted by Gasteiger charge is -2.12. The summed E-state index contributed by atoms with van der Waals surface area (Å²) in [5.74, 6) is 1.64. The Labute approximate surface area is 142 Å². The fraction of sp³-hybridized carbons (Fsp3) is 0.250. The number of benzene rings is 1. The molecule has 9 heteroatoms. The highest BCUT2D eigenvalue weighted by Gasteiger charge is 2.18. The molecule has 0 unspecified atom stereocenters. The van der Waals surface area contributed by atoms with Crippen molar-refractivity contribution in [1.29, 1.82) is 0 Å². The number of carbonyl (C=O) groups is 1. The first-order chi connectivity index (χ1) is 12.2. The minimum Gasteiger partial charge on any atom is -0.493 e. The van der Waals surface area contributed by atoms with E-state index in [0.717, 1.165) is 17.7 Å². The lowest BCUT2D eigenvalue weighted by Crippen LogP contribution is -2.24. The minimum absolute atomic E-state index is 0.339. The van der Waals surface area contributed by atoms with E-state index < -0.39 is 5.91 Å². The average Bonchev–Trinajstić information content (AvgIpc) is 3.32. The van der Waals surface area contributed by atoms with Crippen LogP contribution in [-0.2, 0) is 6.54 Å². The third-order valence-corrected chi connectivity index (χ3v) is 4.06. The Morgan fingerprint density at radius 2 is 2.08 bits per heavy atom. The first-order valence-corrected chi connectivity index (χ1v) is 7.69. The molecule has 0 fully saturated rings. The predicted molar refractivity (Wildman–Crippen MR) is 89.8 cm³/mol. The number of nitrogens with one attached hydrogen (secondary N) is 2. The molecule has 1 aliphatic rings. The number of rotatable bonds is 3. The summed E-state index contributed by atoms with van der Waals surface area (Å²) in [7, 11) is 3.16. The van der Waals surface area contributed by atoms with Crippen molar-refractivity contribution in [2.24, 2.45) is 4.99 Å². The summed E-state index contributed by atoms with van der Waals surface area (Å²) in [6.45, 7) is 1.40. The Hall–Kier alpha value is -3.36. The maximum absolute atomic E-state index is 12.3. The van der Waals surface area contributed by atoms with Crippen LogP contribution < -0.4 is 20.4 Å². The molecule has 0 atom stereocenters. The fourth-order valence-corrected chi connectivity index (χ4v) is 2.86. The van der Waals surface area contributed by atoms with Crippen molar-refractivity contribution in [3.8, 4) is 11.5 Å². The molecule has 0 saturated heterocycles. The van der Waals surface area contributed by atoms with Crippen molar-refractivity contribution in [2.45, 2.75) is 6.54 Å². The number of hydrogen-bond acceptors (Lipinski definition) is 6. The highest BCUT2D eigenvalue weighted by atomic mass is 16.5. The van der Waals surface area contributed by atoms with Crippen LogP contribution in [0, 0.1) is 0 Å². The van der Waals surface area contributed by atoms with E-state index in [0.29, 0.717) is 34.7 Å². The average molecular weight is 340 g/mol. The molecule has 1 aromatic carbocycles. The summed E-state index contributed by atoms with van der Waals surface area (Å²) in [6.07, 6.45) is 2.94. The number of H-pyrrole nitrogens is 1. The van der Waals surface area contributed by atoms with Crippen molar-refractivity contribution in [1.82, 2.24) is 19.7 Å². The molecular formula is C16H16N6O3. The third-order valence-electron chi connectivity index (χ3n) is 4.06. The number of fused-ring (bicyclic) bond motifs is 3. The molecule has 2 N–H and O–H groups in total. The lowest BCUT2D eigenvalue weighted by atomic mass is 10.2. The molecule has 0 spiro atoms. The first-order valence-electron chi connectivity index (χ1n) is 7.69. The van der Waals surface area contributed by atoms with Gasteiger partial charge in [-0.15, -0.1) is 0 Å². The van der Waals surface area contributed by atoms with Gasteiger partial charge < -0.3 is 14.8 Å². The number of aromatic amines is 1. The van der Waals surface area contributed by atoms with E-state index in [1.54, 1.807) is 20.3 Å². The van der Waals surface area contributed by atoms with Gasteiger partial charge in [-0.1, -0.05) is 0 Å². The van der Waals surface area contributed by atoms with Gasteiger partial charge in [-0.25, -0.2) is 4.98 Å². The minimum atomic E-state index is -0.400. The zero-order chi connectivity index (χ0) is 17.4. The number of carbonyl (C=O) groups excluding carboxylic acids is 1. The van der Waals surface area contributed by atoms with E-state index in [1.807, 2.05) is 10.6 Å². The van der Waals surface area contributed by atoms with Gasteiger partial charge in [-0.2, -0.15) is 10.1 Å². The Balaban J connectivity index is 1.96. The van der Waals surface area contributed by atoms with Crippen LogP contribution in [0.1, 0.15) is 10.4 Å². The second kappa shape index (κ2) is 5.93. The van der Waals surface area contributed by atoms with E-state index in [4.69, 9.17) is 9.47 Å². The molecule has 0 saturated carbocycles. The molecule has 2 aromatic heterocycles. The quantitative estimate of drug-likeness (QED) is 0.735. The molecule has 0 bridgehead atoms.